The minimum Gasteiger partial charge on any atom is -0.460 e. The van der Waals surface area contributed by atoms with E-state index in [1.165, 1.54) is 0 Å². The van der Waals surface area contributed by atoms with Gasteiger partial charge < -0.3 is 14.4 Å². The molecule has 0 fully saturated rings. The van der Waals surface area contributed by atoms with Crippen LogP contribution < -0.4 is 0 Å². The molecule has 0 aliphatic rings. The Kier molecular flexibility index (Phi) is 8.90. The number of hydrogen-bond donors (Lipinski definition) is 1. The van der Waals surface area contributed by atoms with Crippen molar-refractivity contribution in [1.29, 1.82) is 0 Å². The van der Waals surface area contributed by atoms with E-state index in [-0.39, 0.29) is 25.2 Å². The number of carbonyl (C=O) groups is 2. The van der Waals surface area contributed by atoms with Gasteiger partial charge in [0.25, 0.3) is 0 Å². The molecule has 0 amide bonds. The maximum atomic E-state index is 12.0. The van der Waals surface area contributed by atoms with Crippen molar-refractivity contribution in [1.82, 2.24) is 0 Å². The highest BCUT2D eigenvalue weighted by Crippen LogP contribution is 2.42. The molecular formula is C14H23O6P. The van der Waals surface area contributed by atoms with Gasteiger partial charge in [-0.1, -0.05) is 13.2 Å². The van der Waals surface area contributed by atoms with Crippen LogP contribution in [0, 0.1) is 0 Å². The Hall–Kier alpha value is -1.39. The SMILES string of the molecule is C=CC(=O)OC(C)CCP(=O)(O)CCC(C)OC(=O)C=C. The second kappa shape index (κ2) is 9.53. The van der Waals surface area contributed by atoms with E-state index in [1.807, 2.05) is 0 Å². The molecule has 0 aliphatic heterocycles. The van der Waals surface area contributed by atoms with Crippen LogP contribution in [0.2, 0.25) is 0 Å². The summed E-state index contributed by atoms with van der Waals surface area (Å²) in [5.74, 6) is -1.11. The van der Waals surface area contributed by atoms with Gasteiger partial charge in [0.1, 0.15) is 0 Å². The molecule has 0 aromatic rings. The van der Waals surface area contributed by atoms with Crippen LogP contribution in [-0.4, -0.2) is 41.4 Å². The Balaban J connectivity index is 4.11. The van der Waals surface area contributed by atoms with E-state index < -0.39 is 31.5 Å². The summed E-state index contributed by atoms with van der Waals surface area (Å²) >= 11 is 0. The lowest BCUT2D eigenvalue weighted by Gasteiger charge is -2.17. The standard InChI is InChI=1S/C14H23O6P/c1-5-13(15)19-11(3)7-9-21(17,18)10-8-12(4)20-14(16)6-2/h5-6,11-12H,1-2,7-10H2,3-4H3,(H,17,18). The zero-order chi connectivity index (χ0) is 16.5. The van der Waals surface area contributed by atoms with Gasteiger partial charge in [-0.15, -0.1) is 0 Å². The van der Waals surface area contributed by atoms with Gasteiger partial charge in [0.2, 0.25) is 7.37 Å². The lowest BCUT2D eigenvalue weighted by molar-refractivity contribution is -0.143. The molecule has 2 unspecified atom stereocenters. The van der Waals surface area contributed by atoms with Crippen LogP contribution >= 0.6 is 7.37 Å². The number of carbonyl (C=O) groups excluding carboxylic acids is 2. The highest BCUT2D eigenvalue weighted by molar-refractivity contribution is 7.57. The molecule has 0 aromatic carbocycles. The second-order valence-corrected chi connectivity index (χ2v) is 7.36. The predicted octanol–water partition coefficient (Wildman–Crippen LogP) is 2.27. The molecule has 1 N–H and O–H groups in total. The van der Waals surface area contributed by atoms with Gasteiger partial charge in [0.15, 0.2) is 0 Å². The maximum Gasteiger partial charge on any atom is 0.330 e. The van der Waals surface area contributed by atoms with Crippen molar-refractivity contribution >= 4 is 19.3 Å². The van der Waals surface area contributed by atoms with E-state index in [4.69, 9.17) is 9.47 Å². The van der Waals surface area contributed by atoms with Gasteiger partial charge in [-0.3, -0.25) is 4.57 Å². The summed E-state index contributed by atoms with van der Waals surface area (Å²) in [5, 5.41) is 0. The number of rotatable bonds is 10. The molecule has 120 valence electrons. The molecule has 0 spiro atoms. The summed E-state index contributed by atoms with van der Waals surface area (Å²) < 4.78 is 21.8. The van der Waals surface area contributed by atoms with Crippen LogP contribution in [0.15, 0.2) is 25.3 Å². The summed E-state index contributed by atoms with van der Waals surface area (Å²) in [5.41, 5.74) is 0. The number of esters is 2. The predicted molar refractivity (Wildman–Crippen MR) is 80.3 cm³/mol. The van der Waals surface area contributed by atoms with Gasteiger partial charge in [0, 0.05) is 24.5 Å². The van der Waals surface area contributed by atoms with Gasteiger partial charge in [-0.05, 0) is 26.7 Å². The Morgan fingerprint density at radius 3 is 1.67 bits per heavy atom. The van der Waals surface area contributed by atoms with Crippen LogP contribution in [0.25, 0.3) is 0 Å². The average molecular weight is 318 g/mol. The smallest absolute Gasteiger partial charge is 0.330 e. The molecule has 0 heterocycles. The molecule has 0 aliphatic carbocycles. The first-order valence-electron chi connectivity index (χ1n) is 6.67. The van der Waals surface area contributed by atoms with Crippen molar-refractivity contribution in [2.24, 2.45) is 0 Å². The van der Waals surface area contributed by atoms with Crippen molar-refractivity contribution < 1.29 is 28.5 Å². The summed E-state index contributed by atoms with van der Waals surface area (Å²) in [6, 6.07) is 0. The van der Waals surface area contributed by atoms with Gasteiger partial charge in [-0.2, -0.15) is 0 Å². The van der Waals surface area contributed by atoms with E-state index in [0.717, 1.165) is 12.2 Å². The maximum absolute atomic E-state index is 12.0. The average Bonchev–Trinajstić information content (AvgIpc) is 2.43. The van der Waals surface area contributed by atoms with E-state index in [1.54, 1.807) is 13.8 Å². The van der Waals surface area contributed by atoms with E-state index in [9.17, 15) is 19.0 Å². The highest BCUT2D eigenvalue weighted by Gasteiger charge is 2.22. The van der Waals surface area contributed by atoms with Crippen molar-refractivity contribution in [2.45, 2.75) is 38.9 Å². The van der Waals surface area contributed by atoms with Crippen LogP contribution in [0.5, 0.6) is 0 Å². The zero-order valence-electron chi connectivity index (χ0n) is 12.5. The zero-order valence-corrected chi connectivity index (χ0v) is 13.4. The van der Waals surface area contributed by atoms with Crippen molar-refractivity contribution in [3.05, 3.63) is 25.3 Å². The Morgan fingerprint density at radius 1 is 1.05 bits per heavy atom. The first-order chi connectivity index (χ1) is 9.70. The molecule has 21 heavy (non-hydrogen) atoms. The molecule has 0 rings (SSSR count). The van der Waals surface area contributed by atoms with Gasteiger partial charge in [0.05, 0.1) is 12.2 Å². The molecule has 2 atom stereocenters. The number of hydrogen-bond acceptors (Lipinski definition) is 5. The monoisotopic (exact) mass is 318 g/mol. The van der Waals surface area contributed by atoms with E-state index in [2.05, 4.69) is 13.2 Å². The Bertz CT molecular complexity index is 395. The third kappa shape index (κ3) is 10.0. The van der Waals surface area contributed by atoms with Crippen LogP contribution in [0.3, 0.4) is 0 Å². The highest BCUT2D eigenvalue weighted by atomic mass is 31.2. The van der Waals surface area contributed by atoms with Crippen LogP contribution in [0.4, 0.5) is 0 Å². The fourth-order valence-corrected chi connectivity index (χ4v) is 3.25. The molecule has 0 bridgehead atoms. The third-order valence-electron chi connectivity index (χ3n) is 2.74. The van der Waals surface area contributed by atoms with Crippen molar-refractivity contribution in [2.75, 3.05) is 12.3 Å². The van der Waals surface area contributed by atoms with E-state index >= 15 is 0 Å². The van der Waals surface area contributed by atoms with Crippen molar-refractivity contribution in [3.63, 3.8) is 0 Å². The minimum atomic E-state index is -3.34. The van der Waals surface area contributed by atoms with Crippen LogP contribution in [0.1, 0.15) is 26.7 Å². The summed E-state index contributed by atoms with van der Waals surface area (Å²) in [7, 11) is -3.34. The normalized spacial score (nSPS) is 16.1. The molecule has 0 saturated carbocycles. The Morgan fingerprint density at radius 2 is 1.38 bits per heavy atom. The quantitative estimate of drug-likeness (QED) is 0.377. The molecule has 0 radical (unpaired) electrons. The third-order valence-corrected chi connectivity index (χ3v) is 4.65. The van der Waals surface area contributed by atoms with Gasteiger partial charge in [-0.25, -0.2) is 9.59 Å². The van der Waals surface area contributed by atoms with E-state index in [0.29, 0.717) is 0 Å². The fraction of sp³-hybridized carbons (Fsp3) is 0.571. The first kappa shape index (κ1) is 19.6. The first-order valence-corrected chi connectivity index (χ1v) is 8.70. The molecular weight excluding hydrogens is 295 g/mol. The second-order valence-electron chi connectivity index (χ2n) is 4.77. The largest absolute Gasteiger partial charge is 0.460 e. The molecule has 7 heteroatoms. The molecule has 0 saturated heterocycles. The Labute approximate surface area is 125 Å². The fourth-order valence-electron chi connectivity index (χ4n) is 1.49. The summed E-state index contributed by atoms with van der Waals surface area (Å²) in [6.07, 6.45) is 1.85. The van der Waals surface area contributed by atoms with Gasteiger partial charge >= 0.3 is 11.9 Å². The summed E-state index contributed by atoms with van der Waals surface area (Å²) in [4.78, 5) is 31.8. The van der Waals surface area contributed by atoms with Crippen molar-refractivity contribution in [3.8, 4) is 0 Å². The summed E-state index contributed by atoms with van der Waals surface area (Å²) in [6.45, 7) is 9.85. The lowest BCUT2D eigenvalue weighted by atomic mass is 10.3. The minimum absolute atomic E-state index is 0.0424. The van der Waals surface area contributed by atoms with Crippen LogP contribution in [-0.2, 0) is 23.6 Å². The number of ether oxygens (including phenoxy) is 2. The lowest BCUT2D eigenvalue weighted by Crippen LogP contribution is -2.17. The molecule has 0 aromatic heterocycles. The topological polar surface area (TPSA) is 89.9 Å². The molecule has 6 nitrogen and oxygen atoms in total.